The fourth-order valence-corrected chi connectivity index (χ4v) is 3.68. The lowest BCUT2D eigenvalue weighted by atomic mass is 10.3. The van der Waals surface area contributed by atoms with E-state index in [-0.39, 0.29) is 16.6 Å². The molecule has 1 fully saturated rings. The van der Waals surface area contributed by atoms with E-state index in [2.05, 4.69) is 10.2 Å². The van der Waals surface area contributed by atoms with Gasteiger partial charge in [0, 0.05) is 18.8 Å². The second-order valence-electron chi connectivity index (χ2n) is 4.87. The number of amides is 1. The molecule has 1 amide bonds. The van der Waals surface area contributed by atoms with Crippen molar-refractivity contribution in [2.75, 3.05) is 24.2 Å². The summed E-state index contributed by atoms with van der Waals surface area (Å²) in [5.41, 5.74) is 0.393. The largest absolute Gasteiger partial charge is 0.358 e. The predicted molar refractivity (Wildman–Crippen MR) is 92.3 cm³/mol. The molecule has 120 valence electrons. The maximum absolute atomic E-state index is 11.9. The molecule has 0 bridgehead atoms. The molecule has 1 heterocycles. The summed E-state index contributed by atoms with van der Waals surface area (Å²) in [5, 5.41) is 7.70. The number of likely N-dealkylation sites (tertiary alicyclic amines) is 1. The van der Waals surface area contributed by atoms with Gasteiger partial charge in [-0.3, -0.25) is 4.79 Å². The molecule has 1 aliphatic heterocycles. The Kier molecular flexibility index (Phi) is 5.79. The molecule has 0 atom stereocenters. The fraction of sp³-hybridized carbons (Fsp3) is 0.385. The zero-order chi connectivity index (χ0) is 16.2. The van der Waals surface area contributed by atoms with Gasteiger partial charge >= 0.3 is 0 Å². The quantitative estimate of drug-likeness (QED) is 0.789. The summed E-state index contributed by atoms with van der Waals surface area (Å²) in [6, 6.07) is 5.84. The molecule has 3 N–H and O–H groups in total. The molecule has 2 rings (SSSR count). The summed E-state index contributed by atoms with van der Waals surface area (Å²) >= 11 is 6.59. The molecule has 22 heavy (non-hydrogen) atoms. The Bertz CT molecular complexity index is 670. The van der Waals surface area contributed by atoms with Crippen molar-refractivity contribution in [2.24, 2.45) is 5.14 Å². The highest BCUT2D eigenvalue weighted by Crippen LogP contribution is 2.17. The van der Waals surface area contributed by atoms with Crippen molar-refractivity contribution in [2.45, 2.75) is 17.7 Å². The average molecular weight is 359 g/mol. The van der Waals surface area contributed by atoms with Gasteiger partial charge in [0.15, 0.2) is 0 Å². The van der Waals surface area contributed by atoms with Crippen LogP contribution in [-0.4, -0.2) is 42.4 Å². The van der Waals surface area contributed by atoms with E-state index in [1.54, 1.807) is 6.07 Å². The second-order valence-corrected chi connectivity index (χ2v) is 8.04. The van der Waals surface area contributed by atoms with Crippen LogP contribution in [0.25, 0.3) is 0 Å². The number of primary sulfonamides is 1. The van der Waals surface area contributed by atoms with Crippen molar-refractivity contribution >= 4 is 49.9 Å². The summed E-state index contributed by atoms with van der Waals surface area (Å²) in [7, 11) is -3.78. The van der Waals surface area contributed by atoms with Crippen molar-refractivity contribution in [3.05, 3.63) is 24.3 Å². The summed E-state index contributed by atoms with van der Waals surface area (Å²) in [5.74, 6) is -0.0484. The smallest absolute Gasteiger partial charge is 0.238 e. The molecule has 0 aromatic heterocycles. The van der Waals surface area contributed by atoms with Crippen LogP contribution >= 0.6 is 24.0 Å². The molecule has 1 aromatic carbocycles. The van der Waals surface area contributed by atoms with E-state index in [0.717, 1.165) is 30.3 Å². The summed E-state index contributed by atoms with van der Waals surface area (Å²) in [4.78, 5) is 14.0. The van der Waals surface area contributed by atoms with Crippen molar-refractivity contribution in [3.63, 3.8) is 0 Å². The van der Waals surface area contributed by atoms with E-state index >= 15 is 0 Å². The first-order chi connectivity index (χ1) is 10.4. The monoisotopic (exact) mass is 359 g/mol. The SMILES string of the molecule is NS(=O)(=O)c1cccc(NC(=O)CSC(=S)N2CCCC2)c1. The number of nitrogens with zero attached hydrogens (tertiary/aromatic N) is 1. The number of anilines is 1. The minimum Gasteiger partial charge on any atom is -0.358 e. The van der Waals surface area contributed by atoms with Crippen LogP contribution in [0.1, 0.15) is 12.8 Å². The number of thiocarbonyl (C=S) groups is 1. The van der Waals surface area contributed by atoms with Gasteiger partial charge < -0.3 is 10.2 Å². The Morgan fingerprint density at radius 2 is 2.05 bits per heavy atom. The van der Waals surface area contributed by atoms with E-state index in [1.165, 1.54) is 30.0 Å². The predicted octanol–water partition coefficient (Wildman–Crippen LogP) is 1.39. The molecule has 0 spiro atoms. The molecule has 0 radical (unpaired) electrons. The van der Waals surface area contributed by atoms with Crippen LogP contribution < -0.4 is 10.5 Å². The first kappa shape index (κ1) is 17.2. The van der Waals surface area contributed by atoms with Crippen LogP contribution in [0.4, 0.5) is 5.69 Å². The Balaban J connectivity index is 1.88. The Labute approximate surface area is 139 Å². The number of carbonyl (C=O) groups excluding carboxylic acids is 1. The van der Waals surface area contributed by atoms with E-state index in [1.807, 2.05) is 0 Å². The van der Waals surface area contributed by atoms with Crippen LogP contribution in [0.15, 0.2) is 29.2 Å². The van der Waals surface area contributed by atoms with E-state index in [9.17, 15) is 13.2 Å². The van der Waals surface area contributed by atoms with E-state index < -0.39 is 10.0 Å². The maximum Gasteiger partial charge on any atom is 0.238 e. The zero-order valence-electron chi connectivity index (χ0n) is 11.8. The van der Waals surface area contributed by atoms with Gasteiger partial charge in [0.2, 0.25) is 15.9 Å². The first-order valence-electron chi connectivity index (χ1n) is 6.71. The number of carbonyl (C=O) groups is 1. The summed E-state index contributed by atoms with van der Waals surface area (Å²) < 4.78 is 23.3. The number of rotatable bonds is 4. The summed E-state index contributed by atoms with van der Waals surface area (Å²) in [6.07, 6.45) is 2.26. The van der Waals surface area contributed by atoms with Crippen LogP contribution in [0.2, 0.25) is 0 Å². The third-order valence-electron chi connectivity index (χ3n) is 3.14. The number of nitrogens with one attached hydrogen (secondary N) is 1. The number of sulfonamides is 1. The second kappa shape index (κ2) is 7.40. The van der Waals surface area contributed by atoms with Gasteiger partial charge in [-0.15, -0.1) is 0 Å². The number of thioether (sulfide) groups is 1. The minimum atomic E-state index is -3.78. The van der Waals surface area contributed by atoms with Gasteiger partial charge in [0.25, 0.3) is 0 Å². The highest BCUT2D eigenvalue weighted by Gasteiger charge is 2.16. The lowest BCUT2D eigenvalue weighted by Gasteiger charge is -2.17. The molecule has 9 heteroatoms. The van der Waals surface area contributed by atoms with Crippen LogP contribution in [0.5, 0.6) is 0 Å². The number of benzene rings is 1. The maximum atomic E-state index is 11.9. The van der Waals surface area contributed by atoms with Gasteiger partial charge in [-0.1, -0.05) is 30.0 Å². The van der Waals surface area contributed by atoms with Crippen LogP contribution in [0.3, 0.4) is 0 Å². The third kappa shape index (κ3) is 4.94. The normalized spacial score (nSPS) is 14.9. The molecular formula is C13H17N3O3S3. The summed E-state index contributed by atoms with van der Waals surface area (Å²) in [6.45, 7) is 1.90. The van der Waals surface area contributed by atoms with Crippen molar-refractivity contribution < 1.29 is 13.2 Å². The van der Waals surface area contributed by atoms with E-state index in [4.69, 9.17) is 17.4 Å². The molecule has 6 nitrogen and oxygen atoms in total. The number of hydrogen-bond donors (Lipinski definition) is 2. The van der Waals surface area contributed by atoms with E-state index in [0.29, 0.717) is 5.69 Å². The van der Waals surface area contributed by atoms with Crippen molar-refractivity contribution in [1.29, 1.82) is 0 Å². The molecule has 1 aliphatic rings. The Hall–Kier alpha value is -1.16. The average Bonchev–Trinajstić information content (AvgIpc) is 2.98. The molecule has 0 aliphatic carbocycles. The highest BCUT2D eigenvalue weighted by atomic mass is 32.2. The Morgan fingerprint density at radius 3 is 2.68 bits per heavy atom. The lowest BCUT2D eigenvalue weighted by molar-refractivity contribution is -0.113. The van der Waals surface area contributed by atoms with Crippen LogP contribution in [-0.2, 0) is 14.8 Å². The standard InChI is InChI=1S/C13H17N3O3S3/c14-22(18,19)11-5-3-4-10(8-11)15-12(17)9-21-13(20)16-6-1-2-7-16/h3-5,8H,1-2,6-7,9H2,(H,15,17)(H2,14,18,19). The molecule has 0 unspecified atom stereocenters. The molecule has 0 saturated carbocycles. The van der Waals surface area contributed by atoms with Gasteiger partial charge in [0.1, 0.15) is 4.32 Å². The highest BCUT2D eigenvalue weighted by molar-refractivity contribution is 8.23. The topological polar surface area (TPSA) is 92.5 Å². The zero-order valence-corrected chi connectivity index (χ0v) is 14.3. The molecule has 1 saturated heterocycles. The van der Waals surface area contributed by atoms with Gasteiger partial charge in [0.05, 0.1) is 10.6 Å². The Morgan fingerprint density at radius 1 is 1.36 bits per heavy atom. The number of nitrogens with two attached hydrogens (primary N) is 1. The lowest BCUT2D eigenvalue weighted by Crippen LogP contribution is -2.25. The van der Waals surface area contributed by atoms with Gasteiger partial charge in [-0.25, -0.2) is 13.6 Å². The first-order valence-corrected chi connectivity index (χ1v) is 9.65. The van der Waals surface area contributed by atoms with Crippen molar-refractivity contribution in [3.8, 4) is 0 Å². The number of hydrogen-bond acceptors (Lipinski definition) is 5. The van der Waals surface area contributed by atoms with Gasteiger partial charge in [-0.05, 0) is 31.0 Å². The van der Waals surface area contributed by atoms with Crippen molar-refractivity contribution in [1.82, 2.24) is 4.90 Å². The van der Waals surface area contributed by atoms with Crippen LogP contribution in [0, 0.1) is 0 Å². The van der Waals surface area contributed by atoms with Gasteiger partial charge in [-0.2, -0.15) is 0 Å². The molecule has 1 aromatic rings. The third-order valence-corrected chi connectivity index (χ3v) is 5.57. The minimum absolute atomic E-state index is 0.0365. The molecular weight excluding hydrogens is 342 g/mol. The fourth-order valence-electron chi connectivity index (χ4n) is 2.07.